The summed E-state index contributed by atoms with van der Waals surface area (Å²) in [6.07, 6.45) is 0. The van der Waals surface area contributed by atoms with E-state index >= 15 is 0 Å². The van der Waals surface area contributed by atoms with Gasteiger partial charge in [-0.15, -0.1) is 0 Å². The number of nitrogens with one attached hydrogen (secondary N) is 1. The Balaban J connectivity index is 2.06. The summed E-state index contributed by atoms with van der Waals surface area (Å²) >= 11 is 0. The highest BCUT2D eigenvalue weighted by molar-refractivity contribution is 5.91. The molecule has 1 aromatic carbocycles. The van der Waals surface area contributed by atoms with Gasteiger partial charge in [0, 0.05) is 23.9 Å². The van der Waals surface area contributed by atoms with Gasteiger partial charge in [-0.1, -0.05) is 5.16 Å². The normalized spacial score (nSPS) is 10.2. The molecule has 0 aliphatic rings. The van der Waals surface area contributed by atoms with Crippen LogP contribution < -0.4 is 15.8 Å². The SMILES string of the molecule is COc1ccc(N)cc1CNC(=O)c1cc(C)no1. The number of nitrogens with two attached hydrogens (primary N) is 1. The zero-order valence-electron chi connectivity index (χ0n) is 10.8. The van der Waals surface area contributed by atoms with E-state index in [0.717, 1.165) is 5.56 Å². The molecule has 0 saturated carbocycles. The van der Waals surface area contributed by atoms with E-state index in [4.69, 9.17) is 15.0 Å². The van der Waals surface area contributed by atoms with Gasteiger partial charge in [-0.3, -0.25) is 4.79 Å². The lowest BCUT2D eigenvalue weighted by molar-refractivity contribution is 0.0913. The maximum absolute atomic E-state index is 11.8. The van der Waals surface area contributed by atoms with Crippen LogP contribution in [0, 0.1) is 6.92 Å². The molecule has 0 aliphatic carbocycles. The summed E-state index contributed by atoms with van der Waals surface area (Å²) in [5.41, 5.74) is 7.78. The number of carbonyl (C=O) groups excluding carboxylic acids is 1. The Morgan fingerprint density at radius 3 is 2.89 bits per heavy atom. The number of ether oxygens (including phenoxy) is 1. The van der Waals surface area contributed by atoms with Crippen LogP contribution in [0.3, 0.4) is 0 Å². The molecule has 3 N–H and O–H groups in total. The van der Waals surface area contributed by atoms with E-state index in [9.17, 15) is 4.79 Å². The van der Waals surface area contributed by atoms with Crippen LogP contribution in [0.25, 0.3) is 0 Å². The predicted octanol–water partition coefficient (Wildman–Crippen LogP) is 1.50. The van der Waals surface area contributed by atoms with Gasteiger partial charge in [0.15, 0.2) is 0 Å². The van der Waals surface area contributed by atoms with Gasteiger partial charge in [0.25, 0.3) is 5.91 Å². The first-order chi connectivity index (χ1) is 9.10. The van der Waals surface area contributed by atoms with Crippen molar-refractivity contribution in [2.24, 2.45) is 0 Å². The van der Waals surface area contributed by atoms with Crippen molar-refractivity contribution >= 4 is 11.6 Å². The molecule has 0 radical (unpaired) electrons. The molecule has 100 valence electrons. The molecule has 0 atom stereocenters. The number of rotatable bonds is 4. The molecule has 1 aromatic heterocycles. The zero-order valence-corrected chi connectivity index (χ0v) is 10.8. The lowest BCUT2D eigenvalue weighted by Crippen LogP contribution is -2.22. The van der Waals surface area contributed by atoms with Crippen LogP contribution in [-0.4, -0.2) is 18.2 Å². The Kier molecular flexibility index (Phi) is 3.70. The van der Waals surface area contributed by atoms with Crippen LogP contribution in [0.4, 0.5) is 5.69 Å². The van der Waals surface area contributed by atoms with Crippen LogP contribution in [-0.2, 0) is 6.54 Å². The molecule has 19 heavy (non-hydrogen) atoms. The fourth-order valence-electron chi connectivity index (χ4n) is 1.67. The van der Waals surface area contributed by atoms with Crippen LogP contribution in [0.2, 0.25) is 0 Å². The molecular formula is C13H15N3O3. The van der Waals surface area contributed by atoms with Gasteiger partial charge in [-0.05, 0) is 25.1 Å². The van der Waals surface area contributed by atoms with Gasteiger partial charge in [-0.25, -0.2) is 0 Å². The molecule has 0 fully saturated rings. The third-order valence-corrected chi connectivity index (χ3v) is 2.60. The Morgan fingerprint density at radius 2 is 2.26 bits per heavy atom. The number of amides is 1. The van der Waals surface area contributed by atoms with Gasteiger partial charge in [0.2, 0.25) is 5.76 Å². The molecule has 2 rings (SSSR count). The van der Waals surface area contributed by atoms with Crippen molar-refractivity contribution in [3.8, 4) is 5.75 Å². The van der Waals surface area contributed by atoms with E-state index in [-0.39, 0.29) is 11.7 Å². The summed E-state index contributed by atoms with van der Waals surface area (Å²) in [5.74, 6) is 0.522. The molecule has 1 heterocycles. The van der Waals surface area contributed by atoms with E-state index in [0.29, 0.717) is 23.7 Å². The Bertz CT molecular complexity index is 593. The average molecular weight is 261 g/mol. The number of aromatic nitrogens is 1. The van der Waals surface area contributed by atoms with Crippen molar-refractivity contribution < 1.29 is 14.1 Å². The summed E-state index contributed by atoms with van der Waals surface area (Å²) < 4.78 is 10.1. The molecule has 6 heteroatoms. The first-order valence-electron chi connectivity index (χ1n) is 5.74. The molecule has 0 bridgehead atoms. The molecule has 0 spiro atoms. The Labute approximate surface area is 110 Å². The van der Waals surface area contributed by atoms with Crippen LogP contribution >= 0.6 is 0 Å². The number of carbonyl (C=O) groups is 1. The van der Waals surface area contributed by atoms with Crippen molar-refractivity contribution in [2.45, 2.75) is 13.5 Å². The molecule has 0 saturated heterocycles. The first-order valence-corrected chi connectivity index (χ1v) is 5.74. The summed E-state index contributed by atoms with van der Waals surface area (Å²) in [6.45, 7) is 2.05. The topological polar surface area (TPSA) is 90.4 Å². The minimum Gasteiger partial charge on any atom is -0.496 e. The van der Waals surface area contributed by atoms with E-state index in [2.05, 4.69) is 10.5 Å². The highest BCUT2D eigenvalue weighted by atomic mass is 16.5. The number of nitrogen functional groups attached to an aromatic ring is 1. The summed E-state index contributed by atoms with van der Waals surface area (Å²) in [4.78, 5) is 11.8. The van der Waals surface area contributed by atoms with Crippen molar-refractivity contribution in [1.29, 1.82) is 0 Å². The van der Waals surface area contributed by atoms with Gasteiger partial charge in [0.1, 0.15) is 5.75 Å². The van der Waals surface area contributed by atoms with E-state index in [1.165, 1.54) is 0 Å². The Hall–Kier alpha value is -2.50. The van der Waals surface area contributed by atoms with E-state index in [1.807, 2.05) is 0 Å². The largest absolute Gasteiger partial charge is 0.496 e. The molecule has 0 aliphatic heterocycles. The molecule has 1 amide bonds. The van der Waals surface area contributed by atoms with Gasteiger partial charge in [0.05, 0.1) is 12.8 Å². The summed E-state index contributed by atoms with van der Waals surface area (Å²) in [5, 5.41) is 6.38. The number of benzene rings is 1. The second-order valence-electron chi connectivity index (χ2n) is 4.09. The highest BCUT2D eigenvalue weighted by Crippen LogP contribution is 2.20. The molecular weight excluding hydrogens is 246 g/mol. The summed E-state index contributed by atoms with van der Waals surface area (Å²) in [6, 6.07) is 6.83. The number of nitrogens with zero attached hydrogens (tertiary/aromatic N) is 1. The van der Waals surface area contributed by atoms with Crippen molar-refractivity contribution in [1.82, 2.24) is 10.5 Å². The number of hydrogen-bond donors (Lipinski definition) is 2. The smallest absolute Gasteiger partial charge is 0.290 e. The Morgan fingerprint density at radius 1 is 1.47 bits per heavy atom. The minimum absolute atomic E-state index is 0.181. The number of methoxy groups -OCH3 is 1. The number of anilines is 1. The fourth-order valence-corrected chi connectivity index (χ4v) is 1.67. The van der Waals surface area contributed by atoms with Crippen molar-refractivity contribution in [3.63, 3.8) is 0 Å². The third kappa shape index (κ3) is 3.04. The lowest BCUT2D eigenvalue weighted by Gasteiger charge is -2.09. The first kappa shape index (κ1) is 12.9. The molecule has 6 nitrogen and oxygen atoms in total. The monoisotopic (exact) mass is 261 g/mol. The van der Waals surface area contributed by atoms with E-state index < -0.39 is 0 Å². The van der Waals surface area contributed by atoms with Crippen molar-refractivity contribution in [2.75, 3.05) is 12.8 Å². The highest BCUT2D eigenvalue weighted by Gasteiger charge is 2.12. The van der Waals surface area contributed by atoms with E-state index in [1.54, 1.807) is 38.3 Å². The summed E-state index contributed by atoms with van der Waals surface area (Å²) in [7, 11) is 1.57. The standard InChI is InChI=1S/C13H15N3O3/c1-8-5-12(19-16-8)13(17)15-7-9-6-10(14)3-4-11(9)18-2/h3-6H,7,14H2,1-2H3,(H,15,17). The second kappa shape index (κ2) is 5.43. The lowest BCUT2D eigenvalue weighted by atomic mass is 10.1. The van der Waals surface area contributed by atoms with Crippen LogP contribution in [0.1, 0.15) is 21.8 Å². The average Bonchev–Trinajstić information content (AvgIpc) is 2.83. The van der Waals surface area contributed by atoms with Gasteiger partial charge in [-0.2, -0.15) is 0 Å². The maximum Gasteiger partial charge on any atom is 0.290 e. The molecule has 2 aromatic rings. The number of hydrogen-bond acceptors (Lipinski definition) is 5. The van der Waals surface area contributed by atoms with Crippen LogP contribution in [0.15, 0.2) is 28.8 Å². The van der Waals surface area contributed by atoms with Crippen LogP contribution in [0.5, 0.6) is 5.75 Å². The number of aryl methyl sites for hydroxylation is 1. The maximum atomic E-state index is 11.8. The third-order valence-electron chi connectivity index (χ3n) is 2.60. The van der Waals surface area contributed by atoms with Gasteiger partial charge < -0.3 is 20.3 Å². The van der Waals surface area contributed by atoms with Gasteiger partial charge >= 0.3 is 0 Å². The minimum atomic E-state index is -0.329. The fraction of sp³-hybridized carbons (Fsp3) is 0.231. The second-order valence-corrected chi connectivity index (χ2v) is 4.09. The molecule has 0 unspecified atom stereocenters. The van der Waals surface area contributed by atoms with Crippen molar-refractivity contribution in [3.05, 3.63) is 41.3 Å². The quantitative estimate of drug-likeness (QED) is 0.814. The zero-order chi connectivity index (χ0) is 13.8. The predicted molar refractivity (Wildman–Crippen MR) is 69.8 cm³/mol.